The molecule has 1 fully saturated rings. The summed E-state index contributed by atoms with van der Waals surface area (Å²) < 4.78 is 0. The van der Waals surface area contributed by atoms with E-state index in [0.717, 1.165) is 24.7 Å². The Morgan fingerprint density at radius 1 is 1.13 bits per heavy atom. The van der Waals surface area contributed by atoms with Gasteiger partial charge < -0.3 is 18.7 Å². The molecule has 87 valence electrons. The maximum atomic E-state index is 4.00. The summed E-state index contributed by atoms with van der Waals surface area (Å²) in [5.74, 6) is 1.80. The second-order valence-electron chi connectivity index (χ2n) is 4.85. The first-order chi connectivity index (χ1) is 6.69. The van der Waals surface area contributed by atoms with Crippen molar-refractivity contribution in [2.24, 2.45) is 11.8 Å². The van der Waals surface area contributed by atoms with Crippen molar-refractivity contribution in [1.29, 1.82) is 0 Å². The van der Waals surface area contributed by atoms with E-state index in [1.165, 1.54) is 25.9 Å². The molecule has 1 aliphatic rings. The van der Waals surface area contributed by atoms with Crippen LogP contribution in [-0.4, -0.2) is 24.0 Å². The van der Waals surface area contributed by atoms with E-state index in [0.29, 0.717) is 6.04 Å². The topological polar surface area (TPSA) is 3.24 Å². The van der Waals surface area contributed by atoms with Crippen LogP contribution in [0.4, 0.5) is 0 Å². The van der Waals surface area contributed by atoms with E-state index in [-0.39, 0.29) is 18.6 Å². The minimum absolute atomic E-state index is 0. The fraction of sp³-hybridized carbons (Fsp3) is 0.846. The molecule has 1 rings (SSSR count). The zero-order valence-electron chi connectivity index (χ0n) is 10.3. The van der Waals surface area contributed by atoms with E-state index in [1.807, 2.05) is 0 Å². The molecular weight excluding hydrogens is 221 g/mol. The molecule has 0 N–H and O–H groups in total. The number of rotatable bonds is 4. The van der Waals surface area contributed by atoms with Crippen LogP contribution in [0.15, 0.2) is 0 Å². The van der Waals surface area contributed by atoms with Gasteiger partial charge in [-0.15, -0.1) is 0 Å². The van der Waals surface area contributed by atoms with Crippen molar-refractivity contribution in [2.45, 2.75) is 45.6 Å². The summed E-state index contributed by atoms with van der Waals surface area (Å²) >= 11 is 0. The molecule has 0 amide bonds. The smallest absolute Gasteiger partial charge is 0.342 e. The minimum Gasteiger partial charge on any atom is -0.342 e. The summed E-state index contributed by atoms with van der Waals surface area (Å²) in [6, 6.07) is 0.628. The van der Waals surface area contributed by atoms with Gasteiger partial charge in [0.1, 0.15) is 0 Å². The zero-order chi connectivity index (χ0) is 10.6. The summed E-state index contributed by atoms with van der Waals surface area (Å²) in [5.41, 5.74) is 0. The Bertz CT molecular complexity index is 147. The number of hydrogen-bond acceptors (Lipinski definition) is 1. The molecule has 0 atom stereocenters. The fourth-order valence-corrected chi connectivity index (χ4v) is 2.46. The quantitative estimate of drug-likeness (QED) is 0.689. The van der Waals surface area contributed by atoms with E-state index >= 15 is 0 Å². The second kappa shape index (κ2) is 7.76. The SMILES string of the molecule is [CH2-]CC(C[CH2-])N1CCC(C(C)C)CC1.[V+2]. The van der Waals surface area contributed by atoms with Crippen LogP contribution < -0.4 is 0 Å². The Morgan fingerprint density at radius 2 is 1.60 bits per heavy atom. The zero-order valence-corrected chi connectivity index (χ0v) is 11.7. The predicted octanol–water partition coefficient (Wildman–Crippen LogP) is 3.17. The van der Waals surface area contributed by atoms with Gasteiger partial charge in [-0.2, -0.15) is 12.8 Å². The van der Waals surface area contributed by atoms with Crippen LogP contribution in [0.3, 0.4) is 0 Å². The fourth-order valence-electron chi connectivity index (χ4n) is 2.46. The summed E-state index contributed by atoms with van der Waals surface area (Å²) in [4.78, 5) is 2.58. The molecule has 0 aromatic heterocycles. The Balaban J connectivity index is 0.00000196. The Hall–Kier alpha value is 0.544. The van der Waals surface area contributed by atoms with E-state index in [2.05, 4.69) is 32.6 Å². The summed E-state index contributed by atoms with van der Waals surface area (Å²) in [6.45, 7) is 15.2. The first-order valence-corrected chi connectivity index (χ1v) is 6.01. The van der Waals surface area contributed by atoms with Gasteiger partial charge in [0.15, 0.2) is 0 Å². The number of nitrogens with zero attached hydrogens (tertiary/aromatic N) is 1. The first kappa shape index (κ1) is 15.5. The number of likely N-dealkylation sites (tertiary alicyclic amines) is 1. The van der Waals surface area contributed by atoms with Crippen LogP contribution in [-0.2, 0) is 18.6 Å². The summed E-state index contributed by atoms with van der Waals surface area (Å²) in [6.07, 6.45) is 4.76. The molecule has 0 aromatic rings. The molecular formula is C13H25NV. The normalized spacial score (nSPS) is 19.6. The summed E-state index contributed by atoms with van der Waals surface area (Å²) in [7, 11) is 0. The molecule has 2 heteroatoms. The maximum Gasteiger partial charge on any atom is 2.00 e. The largest absolute Gasteiger partial charge is 2.00 e. The number of piperidine rings is 1. The number of hydrogen-bond donors (Lipinski definition) is 0. The molecule has 15 heavy (non-hydrogen) atoms. The second-order valence-corrected chi connectivity index (χ2v) is 4.85. The third kappa shape index (κ3) is 4.50. The van der Waals surface area contributed by atoms with Crippen LogP contribution in [0.25, 0.3) is 0 Å². The Kier molecular flexibility index (Phi) is 8.04. The van der Waals surface area contributed by atoms with Gasteiger partial charge in [-0.1, -0.05) is 13.8 Å². The van der Waals surface area contributed by atoms with Gasteiger partial charge in [0.05, 0.1) is 0 Å². The van der Waals surface area contributed by atoms with Gasteiger partial charge in [0.2, 0.25) is 0 Å². The van der Waals surface area contributed by atoms with Crippen molar-refractivity contribution in [3.63, 3.8) is 0 Å². The molecule has 1 radical (unpaired) electrons. The van der Waals surface area contributed by atoms with Crippen molar-refractivity contribution in [2.75, 3.05) is 13.1 Å². The van der Waals surface area contributed by atoms with Crippen molar-refractivity contribution >= 4 is 0 Å². The van der Waals surface area contributed by atoms with Crippen molar-refractivity contribution in [3.05, 3.63) is 13.8 Å². The van der Waals surface area contributed by atoms with Crippen LogP contribution >= 0.6 is 0 Å². The molecule has 1 saturated heterocycles. The average molecular weight is 246 g/mol. The molecule has 0 aliphatic carbocycles. The van der Waals surface area contributed by atoms with Crippen LogP contribution in [0.5, 0.6) is 0 Å². The maximum absolute atomic E-state index is 4.00. The summed E-state index contributed by atoms with van der Waals surface area (Å²) in [5, 5.41) is 0. The van der Waals surface area contributed by atoms with Gasteiger partial charge in [-0.25, -0.2) is 0 Å². The van der Waals surface area contributed by atoms with Gasteiger partial charge in [0, 0.05) is 0 Å². The van der Waals surface area contributed by atoms with E-state index < -0.39 is 0 Å². The first-order valence-electron chi connectivity index (χ1n) is 6.01. The molecule has 0 bridgehead atoms. The standard InChI is InChI=1S/C13H25N.V/c1-5-13(6-2)14-9-7-12(8-10-14)11(3)4;/h11-13H,1-2,5-10H2,3-4H3;/q-2;+2. The molecule has 1 aliphatic heterocycles. The van der Waals surface area contributed by atoms with Gasteiger partial charge in [0.25, 0.3) is 0 Å². The molecule has 1 nitrogen and oxygen atoms in total. The van der Waals surface area contributed by atoms with Crippen molar-refractivity contribution in [1.82, 2.24) is 4.90 Å². The van der Waals surface area contributed by atoms with E-state index in [1.54, 1.807) is 0 Å². The van der Waals surface area contributed by atoms with Gasteiger partial charge in [-0.3, -0.25) is 0 Å². The van der Waals surface area contributed by atoms with Gasteiger partial charge >= 0.3 is 18.6 Å². The third-order valence-electron chi connectivity index (χ3n) is 3.70. The monoisotopic (exact) mass is 246 g/mol. The molecule has 0 spiro atoms. The van der Waals surface area contributed by atoms with Crippen molar-refractivity contribution < 1.29 is 18.6 Å². The van der Waals surface area contributed by atoms with Crippen LogP contribution in [0.2, 0.25) is 0 Å². The molecule has 0 saturated carbocycles. The van der Waals surface area contributed by atoms with Crippen molar-refractivity contribution in [3.8, 4) is 0 Å². The molecule has 0 unspecified atom stereocenters. The van der Waals surface area contributed by atoms with Crippen LogP contribution in [0.1, 0.15) is 39.5 Å². The van der Waals surface area contributed by atoms with E-state index in [4.69, 9.17) is 0 Å². The third-order valence-corrected chi connectivity index (χ3v) is 3.70. The van der Waals surface area contributed by atoms with Crippen LogP contribution in [0, 0.1) is 25.7 Å². The van der Waals surface area contributed by atoms with Gasteiger partial charge in [-0.05, 0) is 43.8 Å². The Labute approximate surface area is 108 Å². The van der Waals surface area contributed by atoms with E-state index in [9.17, 15) is 0 Å². The Morgan fingerprint density at radius 3 is 1.93 bits per heavy atom. The molecule has 0 aromatic carbocycles. The molecule has 1 heterocycles. The average Bonchev–Trinajstić information content (AvgIpc) is 2.20. The minimum atomic E-state index is 0. The predicted molar refractivity (Wildman–Crippen MR) is 62.9 cm³/mol.